The molecule has 34 heavy (non-hydrogen) atoms. The number of phosphoric acid groups is 1. The van der Waals surface area contributed by atoms with Crippen molar-refractivity contribution in [3.8, 4) is 0 Å². The van der Waals surface area contributed by atoms with Gasteiger partial charge in [-0.2, -0.15) is 0 Å². The topological polar surface area (TPSA) is 108 Å². The van der Waals surface area contributed by atoms with Gasteiger partial charge in [0, 0.05) is 17.5 Å². The van der Waals surface area contributed by atoms with E-state index in [0.717, 1.165) is 56.1 Å². The van der Waals surface area contributed by atoms with Gasteiger partial charge in [-0.1, -0.05) is 25.5 Å². The summed E-state index contributed by atoms with van der Waals surface area (Å²) in [6.45, 7) is 8.99. The zero-order valence-electron chi connectivity index (χ0n) is 21.0. The first kappa shape index (κ1) is 24.7. The molecule has 5 rings (SSSR count). The third-order valence-corrected chi connectivity index (χ3v) is 11.6. The van der Waals surface area contributed by atoms with Crippen molar-refractivity contribution in [2.75, 3.05) is 13.2 Å². The highest BCUT2D eigenvalue weighted by molar-refractivity contribution is 7.47. The molecule has 5 aliphatic rings. The standard InChI is InChI=1S/C26H40NO6P/c1-16-17(2)26(32-23(16)28)12-9-22-20-6-5-18-15-19(33-34(29,30)31-14-13-27)7-10-24(18,3)21(20)8-11-25(22,26)4/h5,19-22H,6-15,27H2,1-4H3,(H,29,30)/t19?,20?,21-,22-,24-,25-,26-/m0/s1. The molecule has 0 aromatic heterocycles. The van der Waals surface area contributed by atoms with Gasteiger partial charge >= 0.3 is 13.8 Å². The molecular formula is C26H40NO6P. The Morgan fingerprint density at radius 2 is 1.91 bits per heavy atom. The third-order valence-electron chi connectivity index (χ3n) is 10.6. The lowest BCUT2D eigenvalue weighted by Gasteiger charge is -2.59. The average molecular weight is 494 g/mol. The fourth-order valence-corrected chi connectivity index (χ4v) is 9.61. The number of carbonyl (C=O) groups excluding carboxylic acids is 1. The van der Waals surface area contributed by atoms with Crippen molar-refractivity contribution < 1.29 is 28.0 Å². The van der Waals surface area contributed by atoms with Crippen LogP contribution in [0.1, 0.15) is 79.1 Å². The van der Waals surface area contributed by atoms with E-state index >= 15 is 0 Å². The zero-order chi connectivity index (χ0) is 24.5. The molecule has 1 aliphatic heterocycles. The molecule has 4 aliphatic carbocycles. The van der Waals surface area contributed by atoms with Crippen molar-refractivity contribution in [1.82, 2.24) is 0 Å². The van der Waals surface area contributed by atoms with Gasteiger partial charge in [0.1, 0.15) is 5.60 Å². The summed E-state index contributed by atoms with van der Waals surface area (Å²) in [5.74, 6) is 1.56. The molecule has 0 bridgehead atoms. The lowest BCUT2D eigenvalue weighted by Crippen LogP contribution is -2.55. The van der Waals surface area contributed by atoms with Gasteiger partial charge in [-0.3, -0.25) is 9.05 Å². The SMILES string of the molecule is CC1=C(C)[C@]2(CC[C@H]3C4CC=C5CC(OP(=O)(O)OCCN)CC[C@]5(C)[C@H]4CC[C@@]32C)OC1=O. The predicted octanol–water partition coefficient (Wildman–Crippen LogP) is 5.04. The Bertz CT molecular complexity index is 992. The van der Waals surface area contributed by atoms with Crippen molar-refractivity contribution in [2.45, 2.75) is 90.8 Å². The smallest absolute Gasteiger partial charge is 0.451 e. The first-order chi connectivity index (χ1) is 16.0. The lowest BCUT2D eigenvalue weighted by atomic mass is 9.46. The number of rotatable bonds is 5. The van der Waals surface area contributed by atoms with Gasteiger partial charge in [0.25, 0.3) is 0 Å². The van der Waals surface area contributed by atoms with Crippen molar-refractivity contribution in [3.05, 3.63) is 22.8 Å². The Kier molecular flexibility index (Phi) is 6.01. The molecule has 1 spiro atoms. The average Bonchev–Trinajstić information content (AvgIpc) is 3.21. The molecule has 0 radical (unpaired) electrons. The van der Waals surface area contributed by atoms with Crippen LogP contribution < -0.4 is 5.73 Å². The van der Waals surface area contributed by atoms with Gasteiger partial charge in [-0.05, 0) is 94.0 Å². The Labute approximate surface area is 203 Å². The summed E-state index contributed by atoms with van der Waals surface area (Å²) in [7, 11) is -4.08. The maximum absolute atomic E-state index is 12.5. The van der Waals surface area contributed by atoms with Gasteiger partial charge in [0.15, 0.2) is 0 Å². The molecule has 3 N–H and O–H groups in total. The van der Waals surface area contributed by atoms with Crippen LogP contribution in [0.2, 0.25) is 0 Å². The number of carbonyl (C=O) groups is 1. The van der Waals surface area contributed by atoms with Crippen LogP contribution in [0.25, 0.3) is 0 Å². The first-order valence-corrected chi connectivity index (χ1v) is 14.4. The second-order valence-electron chi connectivity index (χ2n) is 11.8. The number of esters is 1. The van der Waals surface area contributed by atoms with Crippen molar-refractivity contribution in [1.29, 1.82) is 0 Å². The van der Waals surface area contributed by atoms with Crippen LogP contribution in [0, 0.1) is 28.6 Å². The van der Waals surface area contributed by atoms with Crippen LogP contribution in [0.5, 0.6) is 0 Å². The highest BCUT2D eigenvalue weighted by Gasteiger charge is 2.68. The van der Waals surface area contributed by atoms with Crippen LogP contribution >= 0.6 is 7.82 Å². The fraction of sp³-hybridized carbons (Fsp3) is 0.808. The second-order valence-corrected chi connectivity index (χ2v) is 13.2. The van der Waals surface area contributed by atoms with Crippen LogP contribution in [-0.2, 0) is 23.1 Å². The molecular weight excluding hydrogens is 453 g/mol. The molecule has 8 heteroatoms. The summed E-state index contributed by atoms with van der Waals surface area (Å²) in [6, 6.07) is 0. The number of fused-ring (bicyclic) bond motifs is 6. The van der Waals surface area contributed by atoms with Gasteiger partial charge in [-0.15, -0.1) is 0 Å². The van der Waals surface area contributed by atoms with Crippen LogP contribution in [0.15, 0.2) is 22.8 Å². The van der Waals surface area contributed by atoms with E-state index in [1.54, 1.807) is 0 Å². The van der Waals surface area contributed by atoms with Gasteiger partial charge < -0.3 is 15.4 Å². The minimum Gasteiger partial charge on any atom is -0.451 e. The molecule has 190 valence electrons. The summed E-state index contributed by atoms with van der Waals surface area (Å²) in [4.78, 5) is 22.6. The first-order valence-electron chi connectivity index (χ1n) is 12.9. The van der Waals surface area contributed by atoms with Crippen molar-refractivity contribution >= 4 is 13.8 Å². The Morgan fingerprint density at radius 3 is 2.59 bits per heavy atom. The van der Waals surface area contributed by atoms with E-state index in [0.29, 0.717) is 24.2 Å². The fourth-order valence-electron chi connectivity index (χ4n) is 8.65. The van der Waals surface area contributed by atoms with Gasteiger partial charge in [0.2, 0.25) is 0 Å². The van der Waals surface area contributed by atoms with E-state index in [1.165, 1.54) is 5.57 Å². The molecule has 0 aromatic carbocycles. The van der Waals surface area contributed by atoms with E-state index in [2.05, 4.69) is 26.8 Å². The lowest BCUT2D eigenvalue weighted by molar-refractivity contribution is -0.164. The van der Waals surface area contributed by atoms with E-state index < -0.39 is 13.4 Å². The summed E-state index contributed by atoms with van der Waals surface area (Å²) in [5.41, 5.74) is 8.37. The van der Waals surface area contributed by atoms with E-state index in [-0.39, 0.29) is 36.1 Å². The van der Waals surface area contributed by atoms with Crippen LogP contribution in [0.3, 0.4) is 0 Å². The number of allylic oxidation sites excluding steroid dienone is 1. The van der Waals surface area contributed by atoms with Crippen LogP contribution in [0.4, 0.5) is 0 Å². The normalized spacial score (nSPS) is 45.4. The number of phosphoric ester groups is 1. The highest BCUT2D eigenvalue weighted by atomic mass is 31.2. The summed E-state index contributed by atoms with van der Waals surface area (Å²) in [6.07, 6.45) is 9.72. The van der Waals surface area contributed by atoms with E-state index in [4.69, 9.17) is 19.5 Å². The van der Waals surface area contributed by atoms with Gasteiger partial charge in [0.05, 0.1) is 12.7 Å². The third kappa shape index (κ3) is 3.45. The monoisotopic (exact) mass is 493 g/mol. The van der Waals surface area contributed by atoms with Crippen molar-refractivity contribution in [3.63, 3.8) is 0 Å². The highest BCUT2D eigenvalue weighted by Crippen LogP contribution is 2.70. The summed E-state index contributed by atoms with van der Waals surface area (Å²) < 4.78 is 28.9. The molecule has 3 unspecified atom stereocenters. The molecule has 7 nitrogen and oxygen atoms in total. The minimum atomic E-state index is -4.08. The Hall–Kier alpha value is -0.980. The zero-order valence-corrected chi connectivity index (χ0v) is 21.9. The van der Waals surface area contributed by atoms with E-state index in [1.807, 2.05) is 6.92 Å². The number of ether oxygens (including phenoxy) is 1. The number of nitrogens with two attached hydrogens (primary N) is 1. The largest absolute Gasteiger partial charge is 0.472 e. The molecule has 1 heterocycles. The van der Waals surface area contributed by atoms with Gasteiger partial charge in [-0.25, -0.2) is 9.36 Å². The Balaban J connectivity index is 1.36. The quantitative estimate of drug-likeness (QED) is 0.314. The maximum Gasteiger partial charge on any atom is 0.472 e. The maximum atomic E-state index is 12.5. The van der Waals surface area contributed by atoms with E-state index in [9.17, 15) is 14.3 Å². The number of hydrogen-bond donors (Lipinski definition) is 2. The van der Waals surface area contributed by atoms with Crippen LogP contribution in [-0.4, -0.2) is 35.7 Å². The second kappa shape index (κ2) is 8.27. The minimum absolute atomic E-state index is 0.00973. The molecule has 0 aromatic rings. The molecule has 3 saturated carbocycles. The molecule has 0 amide bonds. The van der Waals surface area contributed by atoms with Crippen molar-refractivity contribution in [2.24, 2.45) is 34.3 Å². The molecule has 3 fully saturated rings. The predicted molar refractivity (Wildman–Crippen MR) is 129 cm³/mol. The Morgan fingerprint density at radius 1 is 1.18 bits per heavy atom. The summed E-state index contributed by atoms with van der Waals surface area (Å²) in [5, 5.41) is 0. The number of hydrogen-bond acceptors (Lipinski definition) is 6. The molecule has 0 saturated heterocycles. The molecule has 8 atom stereocenters. The summed E-state index contributed by atoms with van der Waals surface area (Å²) >= 11 is 0.